The van der Waals surface area contributed by atoms with Crippen molar-refractivity contribution in [1.29, 1.82) is 0 Å². The van der Waals surface area contributed by atoms with Gasteiger partial charge in [0, 0.05) is 24.8 Å². The smallest absolute Gasteiger partial charge is 0.129 e. The summed E-state index contributed by atoms with van der Waals surface area (Å²) >= 11 is 0. The van der Waals surface area contributed by atoms with Crippen LogP contribution in [0.1, 0.15) is 70.1 Å². The molecule has 21 heavy (non-hydrogen) atoms. The van der Waals surface area contributed by atoms with E-state index < -0.39 is 0 Å². The van der Waals surface area contributed by atoms with Crippen molar-refractivity contribution >= 4 is 5.82 Å². The molecule has 1 N–H and O–H groups in total. The number of anilines is 1. The minimum absolute atomic E-state index is 0.477. The zero-order chi connectivity index (χ0) is 15.2. The monoisotopic (exact) mass is 289 g/mol. The fourth-order valence-electron chi connectivity index (χ4n) is 3.34. The summed E-state index contributed by atoms with van der Waals surface area (Å²) < 4.78 is 0. The molecule has 1 fully saturated rings. The summed E-state index contributed by atoms with van der Waals surface area (Å²) in [4.78, 5) is 7.49. The van der Waals surface area contributed by atoms with Crippen LogP contribution < -0.4 is 10.2 Å². The summed E-state index contributed by atoms with van der Waals surface area (Å²) in [7, 11) is 2.01. The molecule has 0 unspecified atom stereocenters. The maximum absolute atomic E-state index is 4.96. The van der Waals surface area contributed by atoms with Crippen molar-refractivity contribution in [1.82, 2.24) is 10.3 Å². The lowest BCUT2D eigenvalue weighted by Crippen LogP contribution is -2.37. The van der Waals surface area contributed by atoms with Crippen molar-refractivity contribution in [3.05, 3.63) is 23.4 Å². The quantitative estimate of drug-likeness (QED) is 0.855. The topological polar surface area (TPSA) is 28.2 Å². The van der Waals surface area contributed by atoms with E-state index >= 15 is 0 Å². The lowest BCUT2D eigenvalue weighted by Gasteiger charge is -2.35. The van der Waals surface area contributed by atoms with Gasteiger partial charge in [0.2, 0.25) is 0 Å². The highest BCUT2D eigenvalue weighted by Gasteiger charge is 2.22. The van der Waals surface area contributed by atoms with Crippen molar-refractivity contribution in [3.8, 4) is 0 Å². The molecule has 1 heterocycles. The Morgan fingerprint density at radius 3 is 2.52 bits per heavy atom. The van der Waals surface area contributed by atoms with E-state index in [2.05, 4.69) is 43.1 Å². The van der Waals surface area contributed by atoms with E-state index in [1.807, 2.05) is 7.05 Å². The van der Waals surface area contributed by atoms with E-state index in [0.717, 1.165) is 13.1 Å². The van der Waals surface area contributed by atoms with Crippen LogP contribution in [-0.2, 0) is 6.54 Å². The molecule has 2 rings (SSSR count). The van der Waals surface area contributed by atoms with Gasteiger partial charge >= 0.3 is 0 Å². The van der Waals surface area contributed by atoms with Gasteiger partial charge in [0.25, 0.3) is 0 Å². The molecular formula is C18H31N3. The van der Waals surface area contributed by atoms with Gasteiger partial charge < -0.3 is 10.2 Å². The predicted molar refractivity (Wildman–Crippen MR) is 91.0 cm³/mol. The summed E-state index contributed by atoms with van der Waals surface area (Å²) in [5.74, 6) is 1.66. The van der Waals surface area contributed by atoms with Gasteiger partial charge in [-0.15, -0.1) is 0 Å². The van der Waals surface area contributed by atoms with E-state index in [1.165, 1.54) is 49.2 Å². The third-order valence-corrected chi connectivity index (χ3v) is 4.51. The lowest BCUT2D eigenvalue weighted by atomic mass is 9.94. The molecule has 0 aromatic carbocycles. The molecule has 0 saturated heterocycles. The summed E-state index contributed by atoms with van der Waals surface area (Å²) in [6, 6.07) is 5.21. The summed E-state index contributed by atoms with van der Waals surface area (Å²) in [6.45, 7) is 8.68. The highest BCUT2D eigenvalue weighted by atomic mass is 15.2. The van der Waals surface area contributed by atoms with E-state index in [0.29, 0.717) is 12.0 Å². The molecule has 0 amide bonds. The maximum atomic E-state index is 4.96. The minimum atomic E-state index is 0.477. The first-order valence-corrected chi connectivity index (χ1v) is 8.57. The van der Waals surface area contributed by atoms with Crippen molar-refractivity contribution in [2.75, 3.05) is 18.5 Å². The second-order valence-corrected chi connectivity index (χ2v) is 6.52. The van der Waals surface area contributed by atoms with E-state index in [9.17, 15) is 0 Å². The Morgan fingerprint density at radius 2 is 1.95 bits per heavy atom. The van der Waals surface area contributed by atoms with Crippen LogP contribution >= 0.6 is 0 Å². The SMILES string of the molecule is CCN(c1cc(CNC)cc(C(C)C)n1)C1CCCCC1. The van der Waals surface area contributed by atoms with Crippen LogP contribution in [0.15, 0.2) is 12.1 Å². The third-order valence-electron chi connectivity index (χ3n) is 4.51. The summed E-state index contributed by atoms with van der Waals surface area (Å²) in [6.07, 6.45) is 6.78. The number of hydrogen-bond donors (Lipinski definition) is 1. The molecule has 0 bridgehead atoms. The summed E-state index contributed by atoms with van der Waals surface area (Å²) in [5, 5.41) is 3.27. The van der Waals surface area contributed by atoms with Crippen LogP contribution in [0.3, 0.4) is 0 Å². The van der Waals surface area contributed by atoms with Crippen molar-refractivity contribution in [2.24, 2.45) is 0 Å². The normalized spacial score (nSPS) is 16.4. The van der Waals surface area contributed by atoms with Gasteiger partial charge in [-0.25, -0.2) is 4.98 Å². The Labute approximate surface area is 130 Å². The lowest BCUT2D eigenvalue weighted by molar-refractivity contribution is 0.416. The molecular weight excluding hydrogens is 258 g/mol. The number of aromatic nitrogens is 1. The number of hydrogen-bond acceptors (Lipinski definition) is 3. The van der Waals surface area contributed by atoms with Gasteiger partial charge in [0.15, 0.2) is 0 Å². The highest BCUT2D eigenvalue weighted by molar-refractivity contribution is 5.44. The van der Waals surface area contributed by atoms with Crippen molar-refractivity contribution in [2.45, 2.75) is 71.4 Å². The van der Waals surface area contributed by atoms with Gasteiger partial charge in [0.1, 0.15) is 5.82 Å². The van der Waals surface area contributed by atoms with Crippen LogP contribution in [0.2, 0.25) is 0 Å². The van der Waals surface area contributed by atoms with Gasteiger partial charge in [0.05, 0.1) is 0 Å². The van der Waals surface area contributed by atoms with Gasteiger partial charge in [-0.3, -0.25) is 0 Å². The van der Waals surface area contributed by atoms with Crippen LogP contribution in [0.25, 0.3) is 0 Å². The predicted octanol–water partition coefficient (Wildman–Crippen LogP) is 4.08. The Bertz CT molecular complexity index is 436. The van der Waals surface area contributed by atoms with Crippen molar-refractivity contribution in [3.63, 3.8) is 0 Å². The molecule has 1 saturated carbocycles. The Morgan fingerprint density at radius 1 is 1.24 bits per heavy atom. The minimum Gasteiger partial charge on any atom is -0.354 e. The van der Waals surface area contributed by atoms with E-state index in [-0.39, 0.29) is 0 Å². The molecule has 0 aliphatic heterocycles. The third kappa shape index (κ3) is 4.19. The molecule has 0 atom stereocenters. The van der Waals surface area contributed by atoms with Crippen LogP contribution in [0.4, 0.5) is 5.82 Å². The molecule has 1 aliphatic rings. The Hall–Kier alpha value is -1.09. The van der Waals surface area contributed by atoms with Crippen LogP contribution in [-0.4, -0.2) is 24.6 Å². The highest BCUT2D eigenvalue weighted by Crippen LogP contribution is 2.28. The first-order chi connectivity index (χ1) is 10.2. The first kappa shape index (κ1) is 16.3. The molecule has 0 spiro atoms. The van der Waals surface area contributed by atoms with Gasteiger partial charge in [-0.2, -0.15) is 0 Å². The molecule has 118 valence electrons. The molecule has 0 radical (unpaired) electrons. The van der Waals surface area contributed by atoms with E-state index in [1.54, 1.807) is 0 Å². The van der Waals surface area contributed by atoms with Crippen LogP contribution in [0, 0.1) is 0 Å². The maximum Gasteiger partial charge on any atom is 0.129 e. The number of rotatable bonds is 6. The fraction of sp³-hybridized carbons (Fsp3) is 0.722. The van der Waals surface area contributed by atoms with E-state index in [4.69, 9.17) is 4.98 Å². The van der Waals surface area contributed by atoms with Crippen molar-refractivity contribution < 1.29 is 0 Å². The number of pyridine rings is 1. The molecule has 1 aromatic rings. The fourth-order valence-corrected chi connectivity index (χ4v) is 3.34. The molecule has 1 aromatic heterocycles. The molecule has 3 heteroatoms. The Kier molecular flexibility index (Phi) is 6.04. The molecule has 1 aliphatic carbocycles. The number of nitrogens with zero attached hydrogens (tertiary/aromatic N) is 2. The first-order valence-electron chi connectivity index (χ1n) is 8.57. The molecule has 3 nitrogen and oxygen atoms in total. The second kappa shape index (κ2) is 7.79. The van der Waals surface area contributed by atoms with Gasteiger partial charge in [-0.1, -0.05) is 33.1 Å². The average Bonchev–Trinajstić information content (AvgIpc) is 2.49. The largest absolute Gasteiger partial charge is 0.354 e. The zero-order valence-corrected chi connectivity index (χ0v) is 14.2. The van der Waals surface area contributed by atoms with Gasteiger partial charge in [-0.05, 0) is 50.4 Å². The number of nitrogens with one attached hydrogen (secondary N) is 1. The summed E-state index contributed by atoms with van der Waals surface area (Å²) in [5.41, 5.74) is 2.56. The average molecular weight is 289 g/mol. The second-order valence-electron chi connectivity index (χ2n) is 6.52. The standard InChI is InChI=1S/C18H31N3/c1-5-21(16-9-7-6-8-10-16)18-12-15(13-19-4)11-17(20-18)14(2)3/h11-12,14,16,19H,5-10,13H2,1-4H3. The van der Waals surface area contributed by atoms with Crippen LogP contribution in [0.5, 0.6) is 0 Å². The Balaban J connectivity index is 2.29. The zero-order valence-electron chi connectivity index (χ0n) is 14.2.